The van der Waals surface area contributed by atoms with Crippen molar-refractivity contribution >= 4 is 33.8 Å². The maximum Gasteiger partial charge on any atom is 0.240 e. The lowest BCUT2D eigenvalue weighted by molar-refractivity contribution is -0.114. The highest BCUT2D eigenvalue weighted by Gasteiger charge is 2.14. The van der Waals surface area contributed by atoms with E-state index in [1.807, 2.05) is 13.8 Å². The first-order valence-corrected chi connectivity index (χ1v) is 10.2. The summed E-state index contributed by atoms with van der Waals surface area (Å²) >= 11 is 0. The molecule has 0 aliphatic rings. The Morgan fingerprint density at radius 1 is 1.22 bits per heavy atom. The Hall–Kier alpha value is -2.45. The van der Waals surface area contributed by atoms with E-state index in [2.05, 4.69) is 15.2 Å². The summed E-state index contributed by atoms with van der Waals surface area (Å²) in [4.78, 5) is 11.5. The molecule has 0 aliphatic carbocycles. The van der Waals surface area contributed by atoms with E-state index in [1.54, 1.807) is 43.3 Å². The van der Waals surface area contributed by atoms with Crippen molar-refractivity contribution < 1.29 is 17.7 Å². The van der Waals surface area contributed by atoms with E-state index in [4.69, 9.17) is 4.52 Å². The van der Waals surface area contributed by atoms with Gasteiger partial charge in [0.05, 0.1) is 4.90 Å². The van der Waals surface area contributed by atoms with E-state index < -0.39 is 10.0 Å². The predicted molar refractivity (Wildman–Crippen MR) is 106 cm³/mol. The van der Waals surface area contributed by atoms with Crippen molar-refractivity contribution in [1.82, 2.24) is 9.88 Å². The summed E-state index contributed by atoms with van der Waals surface area (Å²) in [5.41, 5.74) is 1.89. The second kappa shape index (κ2) is 8.96. The molecule has 1 amide bonds. The molecule has 0 bridgehead atoms. The first-order chi connectivity index (χ1) is 12.7. The molecule has 1 aromatic carbocycles. The van der Waals surface area contributed by atoms with Gasteiger partial charge in [0.25, 0.3) is 0 Å². The second-order valence-corrected chi connectivity index (χ2v) is 8.44. The fraction of sp³-hybridized carbons (Fsp3) is 0.368. The van der Waals surface area contributed by atoms with Crippen molar-refractivity contribution in [3.05, 3.63) is 41.3 Å². The second-order valence-electron chi connectivity index (χ2n) is 6.67. The van der Waals surface area contributed by atoms with Crippen molar-refractivity contribution in [3.8, 4) is 0 Å². The minimum atomic E-state index is -3.51. The third kappa shape index (κ3) is 6.04. The average molecular weight is 391 g/mol. The molecule has 8 heteroatoms. The fourth-order valence-electron chi connectivity index (χ4n) is 2.32. The Balaban J connectivity index is 2.10. The van der Waals surface area contributed by atoms with E-state index in [9.17, 15) is 13.2 Å². The zero-order chi connectivity index (χ0) is 20.0. The summed E-state index contributed by atoms with van der Waals surface area (Å²) in [6.07, 6.45) is 4.22. The maximum atomic E-state index is 12.3. The lowest BCUT2D eigenvalue weighted by Crippen LogP contribution is -2.25. The molecular formula is C19H25N3O4S. The fourth-order valence-corrected chi connectivity index (χ4v) is 3.37. The Labute approximate surface area is 159 Å². The first kappa shape index (κ1) is 20.9. The van der Waals surface area contributed by atoms with Gasteiger partial charge in [0.2, 0.25) is 15.9 Å². The average Bonchev–Trinajstić information content (AvgIpc) is 2.92. The minimum absolute atomic E-state index is 0.213. The highest BCUT2D eigenvalue weighted by atomic mass is 32.2. The zero-order valence-electron chi connectivity index (χ0n) is 15.9. The van der Waals surface area contributed by atoms with Gasteiger partial charge in [-0.15, -0.1) is 0 Å². The van der Waals surface area contributed by atoms with Gasteiger partial charge in [0.1, 0.15) is 11.4 Å². The Morgan fingerprint density at radius 3 is 2.48 bits per heavy atom. The van der Waals surface area contributed by atoms with Gasteiger partial charge in [-0.3, -0.25) is 4.79 Å². The molecule has 2 rings (SSSR count). The number of carbonyl (C=O) groups is 1. The largest absolute Gasteiger partial charge is 0.354 e. The Kier molecular flexibility index (Phi) is 6.92. The lowest BCUT2D eigenvalue weighted by Gasteiger charge is -2.08. The van der Waals surface area contributed by atoms with E-state index in [1.165, 1.54) is 6.92 Å². The van der Waals surface area contributed by atoms with Crippen molar-refractivity contribution in [3.63, 3.8) is 0 Å². The third-order valence-corrected chi connectivity index (χ3v) is 5.30. The molecule has 0 saturated heterocycles. The molecule has 2 N–H and O–H groups in total. The van der Waals surface area contributed by atoms with E-state index >= 15 is 0 Å². The van der Waals surface area contributed by atoms with E-state index in [0.29, 0.717) is 29.6 Å². The molecule has 146 valence electrons. The summed E-state index contributed by atoms with van der Waals surface area (Å²) in [6.45, 7) is 7.65. The smallest absolute Gasteiger partial charge is 0.240 e. The molecule has 0 spiro atoms. The summed E-state index contributed by atoms with van der Waals surface area (Å²) in [6, 6.07) is 6.51. The number of benzene rings is 1. The molecule has 2 aromatic rings. The van der Waals surface area contributed by atoms with Gasteiger partial charge >= 0.3 is 0 Å². The van der Waals surface area contributed by atoms with Crippen LogP contribution in [0.4, 0.5) is 5.69 Å². The molecule has 1 heterocycles. The molecule has 0 fully saturated rings. The van der Waals surface area contributed by atoms with Crippen LogP contribution in [0.25, 0.3) is 12.2 Å². The van der Waals surface area contributed by atoms with Crippen LogP contribution in [0.5, 0.6) is 0 Å². The van der Waals surface area contributed by atoms with Gasteiger partial charge in [-0.1, -0.05) is 37.2 Å². The molecule has 0 radical (unpaired) electrons. The van der Waals surface area contributed by atoms with Crippen LogP contribution in [0.1, 0.15) is 44.2 Å². The summed E-state index contributed by atoms with van der Waals surface area (Å²) in [5.74, 6) is 0.646. The Bertz CT molecular complexity index is 913. The van der Waals surface area contributed by atoms with Gasteiger partial charge in [-0.25, -0.2) is 13.1 Å². The highest BCUT2D eigenvalue weighted by Crippen LogP contribution is 2.22. The number of anilines is 1. The van der Waals surface area contributed by atoms with Crippen LogP contribution < -0.4 is 10.0 Å². The summed E-state index contributed by atoms with van der Waals surface area (Å²) in [5, 5.41) is 6.52. The van der Waals surface area contributed by atoms with Crippen molar-refractivity contribution in [2.24, 2.45) is 5.92 Å². The number of aryl methyl sites for hydroxylation is 1. The number of carbonyl (C=O) groups excluding carboxylic acids is 1. The van der Waals surface area contributed by atoms with Crippen LogP contribution in [-0.4, -0.2) is 26.0 Å². The highest BCUT2D eigenvalue weighted by molar-refractivity contribution is 7.89. The molecule has 0 saturated carbocycles. The van der Waals surface area contributed by atoms with E-state index in [-0.39, 0.29) is 10.8 Å². The van der Waals surface area contributed by atoms with Crippen LogP contribution >= 0.6 is 0 Å². The number of hydrogen-bond acceptors (Lipinski definition) is 5. The van der Waals surface area contributed by atoms with Crippen LogP contribution in [-0.2, 0) is 14.8 Å². The SMILES string of the molecule is CC(=O)Nc1c(C)noc1C=Cc1ccc(S(=O)(=O)NCCC(C)C)cc1. The molecule has 1 aromatic heterocycles. The number of nitrogens with zero attached hydrogens (tertiary/aromatic N) is 1. The van der Waals surface area contributed by atoms with Crippen molar-refractivity contribution in [1.29, 1.82) is 0 Å². The van der Waals surface area contributed by atoms with Crippen molar-refractivity contribution in [2.75, 3.05) is 11.9 Å². The quantitative estimate of drug-likeness (QED) is 0.718. The van der Waals surface area contributed by atoms with Crippen LogP contribution in [0.3, 0.4) is 0 Å². The van der Waals surface area contributed by atoms with Gasteiger partial charge in [0, 0.05) is 13.5 Å². The topological polar surface area (TPSA) is 101 Å². The number of aromatic nitrogens is 1. The summed E-state index contributed by atoms with van der Waals surface area (Å²) < 4.78 is 32.3. The zero-order valence-corrected chi connectivity index (χ0v) is 16.8. The first-order valence-electron chi connectivity index (χ1n) is 8.70. The molecule has 7 nitrogen and oxygen atoms in total. The molecular weight excluding hydrogens is 366 g/mol. The standard InChI is InChI=1S/C19H25N3O4S/c1-13(2)11-12-20-27(24,25)17-8-5-16(6-9-17)7-10-18-19(21-15(4)23)14(3)22-26-18/h5-10,13,20H,11-12H2,1-4H3,(H,21,23). The Morgan fingerprint density at radius 2 is 1.89 bits per heavy atom. The predicted octanol–water partition coefficient (Wildman–Crippen LogP) is 3.44. The number of amides is 1. The minimum Gasteiger partial charge on any atom is -0.354 e. The van der Waals surface area contributed by atoms with Gasteiger partial charge < -0.3 is 9.84 Å². The third-order valence-electron chi connectivity index (χ3n) is 3.82. The van der Waals surface area contributed by atoms with Gasteiger partial charge in [0.15, 0.2) is 5.76 Å². The van der Waals surface area contributed by atoms with Crippen LogP contribution in [0.2, 0.25) is 0 Å². The normalized spacial score (nSPS) is 12.0. The van der Waals surface area contributed by atoms with Crippen LogP contribution in [0, 0.1) is 12.8 Å². The van der Waals surface area contributed by atoms with E-state index in [0.717, 1.165) is 12.0 Å². The number of sulfonamides is 1. The number of rotatable bonds is 8. The molecule has 0 atom stereocenters. The number of nitrogens with one attached hydrogen (secondary N) is 2. The maximum absolute atomic E-state index is 12.3. The summed E-state index contributed by atoms with van der Waals surface area (Å²) in [7, 11) is -3.51. The lowest BCUT2D eigenvalue weighted by atomic mass is 10.1. The van der Waals surface area contributed by atoms with Crippen molar-refractivity contribution in [2.45, 2.75) is 39.0 Å². The molecule has 0 aliphatic heterocycles. The monoisotopic (exact) mass is 391 g/mol. The van der Waals surface area contributed by atoms with Gasteiger partial charge in [-0.2, -0.15) is 0 Å². The molecule has 27 heavy (non-hydrogen) atoms. The van der Waals surface area contributed by atoms with Crippen LogP contribution in [0.15, 0.2) is 33.7 Å². The number of hydrogen-bond donors (Lipinski definition) is 2. The van der Waals surface area contributed by atoms with Gasteiger partial charge in [-0.05, 0) is 43.0 Å². The molecule has 0 unspecified atom stereocenters.